The molecule has 0 bridgehead atoms. The van der Waals surface area contributed by atoms with Crippen molar-refractivity contribution in [2.24, 2.45) is 5.41 Å². The number of aryl methyl sites for hydroxylation is 1. The van der Waals surface area contributed by atoms with Crippen LogP contribution < -0.4 is 5.32 Å². The molecule has 1 fully saturated rings. The van der Waals surface area contributed by atoms with Crippen LogP contribution in [0.4, 0.5) is 16.0 Å². The summed E-state index contributed by atoms with van der Waals surface area (Å²) in [5, 5.41) is 15.3. The molecule has 1 aromatic carbocycles. The highest BCUT2D eigenvalue weighted by molar-refractivity contribution is 7.15. The highest BCUT2D eigenvalue weighted by Gasteiger charge is 2.41. The van der Waals surface area contributed by atoms with E-state index in [-0.39, 0.29) is 5.41 Å². The highest BCUT2D eigenvalue weighted by atomic mass is 32.1. The van der Waals surface area contributed by atoms with Gasteiger partial charge in [0, 0.05) is 18.1 Å². The number of thiazole rings is 1. The number of anilines is 2. The number of halogens is 1. The smallest absolute Gasteiger partial charge is 0.227 e. The molecular weight excluding hydrogens is 411 g/mol. The number of benzene rings is 1. The topological polar surface area (TPSA) is 70.9 Å². The van der Waals surface area contributed by atoms with Crippen molar-refractivity contribution in [3.8, 4) is 10.4 Å². The van der Waals surface area contributed by atoms with Crippen LogP contribution in [0.25, 0.3) is 10.4 Å². The molecule has 0 radical (unpaired) electrons. The number of nitrogens with zero attached hydrogens (tertiary/aromatic N) is 3. The summed E-state index contributed by atoms with van der Waals surface area (Å²) in [7, 11) is 0. The number of hydrogen-bond acceptors (Lipinski definition) is 6. The molecule has 2 heterocycles. The van der Waals surface area contributed by atoms with Crippen molar-refractivity contribution < 1.29 is 9.50 Å². The van der Waals surface area contributed by atoms with Crippen molar-refractivity contribution >= 4 is 23.0 Å². The molecular formula is C24H29FN4OS. The molecule has 164 valence electrons. The lowest BCUT2D eigenvalue weighted by Gasteiger charge is -2.40. The zero-order valence-electron chi connectivity index (χ0n) is 18.4. The Hall–Kier alpha value is -2.38. The number of rotatable bonds is 5. The van der Waals surface area contributed by atoms with Gasteiger partial charge in [-0.25, -0.2) is 19.3 Å². The van der Waals surface area contributed by atoms with E-state index in [0.717, 1.165) is 52.4 Å². The molecule has 1 aliphatic rings. The van der Waals surface area contributed by atoms with Crippen molar-refractivity contribution in [2.45, 2.75) is 65.2 Å². The van der Waals surface area contributed by atoms with Gasteiger partial charge in [-0.2, -0.15) is 0 Å². The van der Waals surface area contributed by atoms with E-state index in [1.807, 2.05) is 25.3 Å². The second-order valence-electron chi connectivity index (χ2n) is 9.39. The fourth-order valence-electron chi connectivity index (χ4n) is 4.41. The maximum atomic E-state index is 13.6. The lowest BCUT2D eigenvalue weighted by molar-refractivity contribution is -0.0441. The predicted octanol–water partition coefficient (Wildman–Crippen LogP) is 6.47. The number of alkyl halides is 1. The standard InChI is InChI=1S/C24H29FN4OS/c1-15-10-17(12-18(11-15)28-22-26-9-6-19(29-22)16(2)25)20-13-27-21(31-20)24(30)8-5-7-23(3,4)14-24/h6,9-13,16,30H,5,7-8,14H2,1-4H3,(H,26,28,29)/t16-,24-/m1/s1. The van der Waals surface area contributed by atoms with Gasteiger partial charge in [0.2, 0.25) is 5.95 Å². The number of hydrogen-bond donors (Lipinski definition) is 2. The maximum absolute atomic E-state index is 13.6. The molecule has 0 unspecified atom stereocenters. The van der Waals surface area contributed by atoms with Gasteiger partial charge in [-0.15, -0.1) is 11.3 Å². The van der Waals surface area contributed by atoms with Crippen LogP contribution in [0.5, 0.6) is 0 Å². The molecule has 0 saturated heterocycles. The Morgan fingerprint density at radius 1 is 1.19 bits per heavy atom. The number of aliphatic hydroxyl groups is 1. The SMILES string of the molecule is Cc1cc(Nc2nccc([C@@H](C)F)n2)cc(-c2cnc([C@@]3(O)CCCC(C)(C)C3)s2)c1. The van der Waals surface area contributed by atoms with Crippen LogP contribution in [0.1, 0.15) is 68.9 Å². The van der Waals surface area contributed by atoms with E-state index in [4.69, 9.17) is 0 Å². The van der Waals surface area contributed by atoms with Gasteiger partial charge in [0.25, 0.3) is 0 Å². The normalized spacial score (nSPS) is 21.6. The van der Waals surface area contributed by atoms with Crippen LogP contribution in [-0.2, 0) is 5.60 Å². The van der Waals surface area contributed by atoms with Gasteiger partial charge in [0.15, 0.2) is 0 Å². The van der Waals surface area contributed by atoms with Gasteiger partial charge < -0.3 is 10.4 Å². The molecule has 0 aliphatic heterocycles. The third kappa shape index (κ3) is 4.93. The van der Waals surface area contributed by atoms with E-state index in [0.29, 0.717) is 11.6 Å². The monoisotopic (exact) mass is 440 g/mol. The van der Waals surface area contributed by atoms with Crippen LogP contribution in [-0.4, -0.2) is 20.1 Å². The molecule has 3 aromatic rings. The Balaban J connectivity index is 1.60. The summed E-state index contributed by atoms with van der Waals surface area (Å²) in [5.74, 6) is 0.363. The van der Waals surface area contributed by atoms with Crippen molar-refractivity contribution in [1.82, 2.24) is 15.0 Å². The minimum Gasteiger partial charge on any atom is -0.383 e. The molecule has 1 saturated carbocycles. The summed E-state index contributed by atoms with van der Waals surface area (Å²) in [6.07, 6.45) is 5.87. The Labute approximate surface area is 186 Å². The Kier molecular flexibility index (Phi) is 5.83. The second kappa shape index (κ2) is 8.28. The minimum atomic E-state index is -1.15. The van der Waals surface area contributed by atoms with Gasteiger partial charge in [-0.1, -0.05) is 19.9 Å². The molecule has 2 atom stereocenters. The zero-order chi connectivity index (χ0) is 22.2. The Morgan fingerprint density at radius 3 is 2.74 bits per heavy atom. The van der Waals surface area contributed by atoms with Gasteiger partial charge in [0.05, 0.1) is 10.6 Å². The van der Waals surface area contributed by atoms with E-state index < -0.39 is 11.8 Å². The first-order chi connectivity index (χ1) is 14.6. The highest BCUT2D eigenvalue weighted by Crippen LogP contribution is 2.48. The van der Waals surface area contributed by atoms with Crippen molar-refractivity contribution in [1.29, 1.82) is 0 Å². The molecule has 4 rings (SSSR count). The summed E-state index contributed by atoms with van der Waals surface area (Å²) in [6, 6.07) is 7.68. The summed E-state index contributed by atoms with van der Waals surface area (Å²) < 4.78 is 13.6. The molecule has 0 amide bonds. The number of aromatic nitrogens is 3. The number of nitrogens with one attached hydrogen (secondary N) is 1. The van der Waals surface area contributed by atoms with E-state index in [2.05, 4.69) is 40.2 Å². The van der Waals surface area contributed by atoms with Crippen LogP contribution in [0, 0.1) is 12.3 Å². The fourth-order valence-corrected chi connectivity index (χ4v) is 5.43. The van der Waals surface area contributed by atoms with Gasteiger partial charge in [0.1, 0.15) is 16.8 Å². The van der Waals surface area contributed by atoms with Gasteiger partial charge >= 0.3 is 0 Å². The quantitative estimate of drug-likeness (QED) is 0.476. The van der Waals surface area contributed by atoms with Crippen molar-refractivity contribution in [3.63, 3.8) is 0 Å². The third-order valence-corrected chi connectivity index (χ3v) is 7.06. The van der Waals surface area contributed by atoms with Crippen LogP contribution in [0.3, 0.4) is 0 Å². The Bertz CT molecular complexity index is 1080. The average Bonchev–Trinajstić information content (AvgIpc) is 3.18. The average molecular weight is 441 g/mol. The van der Waals surface area contributed by atoms with Gasteiger partial charge in [-0.3, -0.25) is 0 Å². The first-order valence-corrected chi connectivity index (χ1v) is 11.5. The van der Waals surface area contributed by atoms with Crippen LogP contribution in [0.2, 0.25) is 0 Å². The first-order valence-electron chi connectivity index (χ1n) is 10.7. The lowest BCUT2D eigenvalue weighted by Crippen LogP contribution is -2.36. The molecule has 5 nitrogen and oxygen atoms in total. The molecule has 2 N–H and O–H groups in total. The largest absolute Gasteiger partial charge is 0.383 e. The summed E-state index contributed by atoms with van der Waals surface area (Å²) >= 11 is 1.55. The summed E-state index contributed by atoms with van der Waals surface area (Å²) in [4.78, 5) is 14.1. The van der Waals surface area contributed by atoms with E-state index in [1.54, 1.807) is 23.6 Å². The Morgan fingerprint density at radius 2 is 2.00 bits per heavy atom. The van der Waals surface area contributed by atoms with E-state index in [1.165, 1.54) is 6.92 Å². The third-order valence-electron chi connectivity index (χ3n) is 5.82. The van der Waals surface area contributed by atoms with E-state index >= 15 is 0 Å². The molecule has 31 heavy (non-hydrogen) atoms. The predicted molar refractivity (Wildman–Crippen MR) is 123 cm³/mol. The van der Waals surface area contributed by atoms with Crippen LogP contribution >= 0.6 is 11.3 Å². The van der Waals surface area contributed by atoms with Gasteiger partial charge in [-0.05, 0) is 74.3 Å². The van der Waals surface area contributed by atoms with E-state index in [9.17, 15) is 9.50 Å². The zero-order valence-corrected chi connectivity index (χ0v) is 19.3. The first kappa shape index (κ1) is 21.8. The van der Waals surface area contributed by atoms with Crippen molar-refractivity contribution in [2.75, 3.05) is 5.32 Å². The summed E-state index contributed by atoms with van der Waals surface area (Å²) in [5.41, 5.74) is 2.52. The molecule has 2 aromatic heterocycles. The van der Waals surface area contributed by atoms with Crippen molar-refractivity contribution in [3.05, 3.63) is 52.9 Å². The minimum absolute atomic E-state index is 0.116. The second-order valence-corrected chi connectivity index (χ2v) is 10.4. The fraction of sp³-hybridized carbons (Fsp3) is 0.458. The molecule has 7 heteroatoms. The maximum Gasteiger partial charge on any atom is 0.227 e. The van der Waals surface area contributed by atoms with Crippen LogP contribution in [0.15, 0.2) is 36.7 Å². The molecule has 0 spiro atoms. The lowest BCUT2D eigenvalue weighted by atomic mass is 9.70. The molecule has 1 aliphatic carbocycles. The summed E-state index contributed by atoms with van der Waals surface area (Å²) in [6.45, 7) is 7.91.